The Balaban J connectivity index is 2.68. The minimum Gasteiger partial charge on any atom is -0.479 e. The molecule has 0 radical (unpaired) electrons. The first-order chi connectivity index (χ1) is 6.26. The zero-order valence-corrected chi connectivity index (χ0v) is 8.62. The maximum Gasteiger partial charge on any atom is 0.335 e. The Morgan fingerprint density at radius 3 is 2.07 bits per heavy atom. The van der Waals surface area contributed by atoms with Crippen LogP contribution in [-0.4, -0.2) is 53.9 Å². The molecule has 0 bridgehead atoms. The smallest absolute Gasteiger partial charge is 0.335 e. The number of hydrogen-bond acceptors (Lipinski definition) is 4. The van der Waals surface area contributed by atoms with Gasteiger partial charge < -0.3 is 10.2 Å². The van der Waals surface area contributed by atoms with Gasteiger partial charge in [-0.2, -0.15) is 0 Å². The van der Waals surface area contributed by atoms with Gasteiger partial charge in [-0.3, -0.25) is 0 Å². The van der Waals surface area contributed by atoms with Crippen molar-refractivity contribution in [3.8, 4) is 0 Å². The van der Waals surface area contributed by atoms with E-state index < -0.39 is 21.6 Å². The van der Waals surface area contributed by atoms with E-state index in [4.69, 9.17) is 5.11 Å². The summed E-state index contributed by atoms with van der Waals surface area (Å²) in [7, 11) is -3.27. The Labute approximate surface area is 82.2 Å². The van der Waals surface area contributed by atoms with Crippen LogP contribution in [0.15, 0.2) is 0 Å². The van der Waals surface area contributed by atoms with Crippen LogP contribution in [-0.2, 0) is 14.8 Å². The van der Waals surface area contributed by atoms with E-state index >= 15 is 0 Å². The molecule has 0 atom stereocenters. The minimum absolute atomic E-state index is 0.0572. The van der Waals surface area contributed by atoms with Gasteiger partial charge >= 0.3 is 5.97 Å². The molecule has 1 aliphatic rings. The van der Waals surface area contributed by atoms with Crippen LogP contribution in [0.5, 0.6) is 0 Å². The van der Waals surface area contributed by atoms with Crippen molar-refractivity contribution in [1.29, 1.82) is 0 Å². The highest BCUT2D eigenvalue weighted by Gasteiger charge is 2.41. The predicted octanol–water partition coefficient (Wildman–Crippen LogP) is -1.14. The summed E-state index contributed by atoms with van der Waals surface area (Å²) in [4.78, 5) is 10.6. The fourth-order valence-corrected chi connectivity index (χ4v) is 2.25. The normalized spacial score (nSPS) is 23.3. The first kappa shape index (κ1) is 11.4. The first-order valence-electron chi connectivity index (χ1n) is 4.17. The molecule has 6 nitrogen and oxygen atoms in total. The molecule has 0 saturated carbocycles. The van der Waals surface area contributed by atoms with E-state index in [1.54, 1.807) is 0 Å². The van der Waals surface area contributed by atoms with Crippen LogP contribution in [0, 0.1) is 0 Å². The highest BCUT2D eigenvalue weighted by atomic mass is 32.2. The molecule has 0 aromatic heterocycles. The zero-order valence-electron chi connectivity index (χ0n) is 7.80. The van der Waals surface area contributed by atoms with Crippen LogP contribution in [0.3, 0.4) is 0 Å². The fourth-order valence-electron chi connectivity index (χ4n) is 1.40. The lowest BCUT2D eigenvalue weighted by Gasteiger charge is -2.33. The molecule has 1 rings (SSSR count). The standard InChI is InChI=1S/C7H13NO5S/c1-14(12,13)8-4-2-7(11,3-5-8)6(9)10/h11H,2-5H2,1H3,(H,9,10). The summed E-state index contributed by atoms with van der Waals surface area (Å²) in [5.41, 5.74) is -1.76. The molecule has 0 unspecified atom stereocenters. The van der Waals surface area contributed by atoms with Gasteiger partial charge in [0.2, 0.25) is 10.0 Å². The SMILES string of the molecule is CS(=O)(=O)N1CCC(O)(C(=O)O)CC1. The Morgan fingerprint density at radius 1 is 1.36 bits per heavy atom. The largest absolute Gasteiger partial charge is 0.479 e. The summed E-state index contributed by atoms with van der Waals surface area (Å²) in [6.07, 6.45) is 0.947. The van der Waals surface area contributed by atoms with E-state index in [2.05, 4.69) is 0 Å². The Bertz CT molecular complexity index is 328. The number of aliphatic hydroxyl groups is 1. The van der Waals surface area contributed by atoms with Gasteiger partial charge in [0.05, 0.1) is 6.26 Å². The van der Waals surface area contributed by atoms with Crippen LogP contribution in [0.4, 0.5) is 0 Å². The lowest BCUT2D eigenvalue weighted by Crippen LogP contribution is -2.50. The second-order valence-corrected chi connectivity index (χ2v) is 5.48. The summed E-state index contributed by atoms with van der Waals surface area (Å²) in [5.74, 6) is -1.29. The summed E-state index contributed by atoms with van der Waals surface area (Å²) in [6, 6.07) is 0. The van der Waals surface area contributed by atoms with Gasteiger partial charge in [-0.1, -0.05) is 0 Å². The number of hydrogen-bond donors (Lipinski definition) is 2. The maximum absolute atomic E-state index is 11.1. The number of piperidine rings is 1. The molecule has 0 spiro atoms. The van der Waals surface area contributed by atoms with Gasteiger partial charge in [0.15, 0.2) is 5.60 Å². The van der Waals surface area contributed by atoms with E-state index in [0.717, 1.165) is 6.26 Å². The predicted molar refractivity (Wildman–Crippen MR) is 48.2 cm³/mol. The molecular weight excluding hydrogens is 210 g/mol. The number of carboxylic acid groups (broad SMARTS) is 1. The van der Waals surface area contributed by atoms with E-state index in [1.165, 1.54) is 4.31 Å². The van der Waals surface area contributed by atoms with E-state index in [-0.39, 0.29) is 25.9 Å². The molecule has 1 fully saturated rings. The molecule has 0 aromatic carbocycles. The van der Waals surface area contributed by atoms with Crippen molar-refractivity contribution in [3.63, 3.8) is 0 Å². The van der Waals surface area contributed by atoms with Gasteiger partial charge in [0, 0.05) is 25.9 Å². The molecule has 1 aliphatic heterocycles. The Kier molecular flexibility index (Phi) is 2.84. The number of carboxylic acids is 1. The second kappa shape index (κ2) is 3.48. The summed E-state index contributed by atoms with van der Waals surface area (Å²) >= 11 is 0. The monoisotopic (exact) mass is 223 g/mol. The fraction of sp³-hybridized carbons (Fsp3) is 0.857. The van der Waals surface area contributed by atoms with Gasteiger partial charge in [-0.15, -0.1) is 0 Å². The molecule has 1 saturated heterocycles. The molecule has 82 valence electrons. The van der Waals surface area contributed by atoms with E-state index in [0.29, 0.717) is 0 Å². The first-order valence-corrected chi connectivity index (χ1v) is 6.01. The van der Waals surface area contributed by atoms with Crippen molar-refractivity contribution < 1.29 is 23.4 Å². The minimum atomic E-state index is -3.27. The molecule has 0 aromatic rings. The van der Waals surface area contributed by atoms with E-state index in [9.17, 15) is 18.3 Å². The van der Waals surface area contributed by atoms with Gasteiger partial charge in [0.25, 0.3) is 0 Å². The average Bonchev–Trinajstić information content (AvgIpc) is 2.03. The molecule has 0 amide bonds. The molecule has 2 N–H and O–H groups in total. The zero-order chi connectivity index (χ0) is 11.0. The van der Waals surface area contributed by atoms with Crippen molar-refractivity contribution in [3.05, 3.63) is 0 Å². The third-order valence-corrected chi connectivity index (χ3v) is 3.72. The number of sulfonamides is 1. The summed E-state index contributed by atoms with van der Waals surface area (Å²) < 4.78 is 23.3. The quantitative estimate of drug-likeness (QED) is 0.617. The Hall–Kier alpha value is -0.660. The van der Waals surface area contributed by atoms with Crippen molar-refractivity contribution in [2.24, 2.45) is 0 Å². The van der Waals surface area contributed by atoms with Crippen LogP contribution >= 0.6 is 0 Å². The van der Waals surface area contributed by atoms with Crippen molar-refractivity contribution in [1.82, 2.24) is 4.31 Å². The average molecular weight is 223 g/mol. The van der Waals surface area contributed by atoms with Crippen LogP contribution in [0.1, 0.15) is 12.8 Å². The van der Waals surface area contributed by atoms with Crippen molar-refractivity contribution in [2.75, 3.05) is 19.3 Å². The van der Waals surface area contributed by atoms with Crippen LogP contribution in [0.2, 0.25) is 0 Å². The third-order valence-electron chi connectivity index (χ3n) is 2.42. The van der Waals surface area contributed by atoms with Gasteiger partial charge in [0.1, 0.15) is 0 Å². The molecule has 14 heavy (non-hydrogen) atoms. The molecule has 0 aliphatic carbocycles. The highest BCUT2D eigenvalue weighted by molar-refractivity contribution is 7.88. The highest BCUT2D eigenvalue weighted by Crippen LogP contribution is 2.23. The summed E-state index contributed by atoms with van der Waals surface area (Å²) in [6.45, 7) is 0.114. The second-order valence-electron chi connectivity index (χ2n) is 3.50. The van der Waals surface area contributed by atoms with Crippen molar-refractivity contribution in [2.45, 2.75) is 18.4 Å². The van der Waals surface area contributed by atoms with Gasteiger partial charge in [-0.25, -0.2) is 17.5 Å². The van der Waals surface area contributed by atoms with Gasteiger partial charge in [-0.05, 0) is 0 Å². The lowest BCUT2D eigenvalue weighted by molar-refractivity contribution is -0.162. The number of aliphatic carboxylic acids is 1. The van der Waals surface area contributed by atoms with Crippen LogP contribution in [0.25, 0.3) is 0 Å². The summed E-state index contributed by atoms with van der Waals surface area (Å²) in [5, 5.41) is 18.2. The maximum atomic E-state index is 11.1. The van der Waals surface area contributed by atoms with Crippen LogP contribution < -0.4 is 0 Å². The van der Waals surface area contributed by atoms with Crippen molar-refractivity contribution >= 4 is 16.0 Å². The Morgan fingerprint density at radius 2 is 1.79 bits per heavy atom. The number of nitrogens with zero attached hydrogens (tertiary/aromatic N) is 1. The topological polar surface area (TPSA) is 94.9 Å². The third kappa shape index (κ3) is 2.23. The molecule has 7 heteroatoms. The molecule has 1 heterocycles. The van der Waals surface area contributed by atoms with E-state index in [1.807, 2.05) is 0 Å². The lowest BCUT2D eigenvalue weighted by atomic mass is 9.93. The number of carbonyl (C=O) groups is 1. The number of rotatable bonds is 2. The molecular formula is C7H13NO5S.